The van der Waals surface area contributed by atoms with Crippen LogP contribution < -0.4 is 10.9 Å². The molecule has 4 rings (SSSR count). The Hall–Kier alpha value is -3.16. The highest BCUT2D eigenvalue weighted by molar-refractivity contribution is 6.05. The third-order valence-corrected chi connectivity index (χ3v) is 5.86. The number of hydrazine groups is 1. The zero-order valence-electron chi connectivity index (χ0n) is 16.2. The predicted molar refractivity (Wildman–Crippen MR) is 103 cm³/mol. The summed E-state index contributed by atoms with van der Waals surface area (Å²) in [6.45, 7) is 1.79. The highest BCUT2D eigenvalue weighted by Gasteiger charge is 2.47. The van der Waals surface area contributed by atoms with Gasteiger partial charge in [-0.15, -0.1) is 0 Å². The number of likely N-dealkylation sites (tertiary alicyclic amines) is 1. The second-order valence-corrected chi connectivity index (χ2v) is 7.63. The Kier molecular flexibility index (Phi) is 5.08. The molecule has 29 heavy (non-hydrogen) atoms. The predicted octanol–water partition coefficient (Wildman–Crippen LogP) is 2.07. The Balaban J connectivity index is 1.31. The fraction of sp³-hybridized carbons (Fsp3) is 0.429. The Morgan fingerprint density at radius 3 is 2.38 bits per heavy atom. The van der Waals surface area contributed by atoms with E-state index in [0.717, 1.165) is 31.1 Å². The first-order valence-corrected chi connectivity index (χ1v) is 9.90. The van der Waals surface area contributed by atoms with Crippen LogP contribution in [0.4, 0.5) is 0 Å². The SMILES string of the molecule is Cc1c(C(=O)NNC(=O)CCN2C(=O)[C@H]3CCCC[C@H]3C2=O)oc2ccccc12. The van der Waals surface area contributed by atoms with Gasteiger partial charge in [-0.2, -0.15) is 0 Å². The molecule has 2 N–H and O–H groups in total. The van der Waals surface area contributed by atoms with Gasteiger partial charge in [0, 0.05) is 23.9 Å². The number of aryl methyl sites for hydroxylation is 1. The zero-order valence-corrected chi connectivity index (χ0v) is 16.2. The summed E-state index contributed by atoms with van der Waals surface area (Å²) in [5.41, 5.74) is 5.92. The van der Waals surface area contributed by atoms with Gasteiger partial charge < -0.3 is 4.42 Å². The van der Waals surface area contributed by atoms with Gasteiger partial charge in [0.15, 0.2) is 5.76 Å². The number of fused-ring (bicyclic) bond motifs is 2. The van der Waals surface area contributed by atoms with Gasteiger partial charge in [0.05, 0.1) is 11.8 Å². The highest BCUT2D eigenvalue weighted by atomic mass is 16.3. The molecule has 2 aromatic rings. The van der Waals surface area contributed by atoms with E-state index < -0.39 is 11.8 Å². The van der Waals surface area contributed by atoms with E-state index in [2.05, 4.69) is 10.9 Å². The molecule has 0 spiro atoms. The van der Waals surface area contributed by atoms with E-state index in [4.69, 9.17) is 4.42 Å². The summed E-state index contributed by atoms with van der Waals surface area (Å²) in [7, 11) is 0. The molecule has 4 amide bonds. The van der Waals surface area contributed by atoms with Gasteiger partial charge in [0.25, 0.3) is 0 Å². The van der Waals surface area contributed by atoms with Crippen LogP contribution in [0.1, 0.15) is 48.2 Å². The number of amides is 4. The van der Waals surface area contributed by atoms with Crippen molar-refractivity contribution in [1.29, 1.82) is 0 Å². The number of carbonyl (C=O) groups excluding carboxylic acids is 4. The molecular formula is C21H23N3O5. The lowest BCUT2D eigenvalue weighted by Crippen LogP contribution is -2.43. The molecular weight excluding hydrogens is 374 g/mol. The zero-order chi connectivity index (χ0) is 20.5. The summed E-state index contributed by atoms with van der Waals surface area (Å²) in [6, 6.07) is 7.28. The Bertz CT molecular complexity index is 971. The molecule has 2 aliphatic rings. The minimum absolute atomic E-state index is 0.0238. The van der Waals surface area contributed by atoms with Crippen LogP contribution in [-0.4, -0.2) is 35.1 Å². The summed E-state index contributed by atoms with van der Waals surface area (Å²) in [5.74, 6) is -1.72. The summed E-state index contributed by atoms with van der Waals surface area (Å²) >= 11 is 0. The monoisotopic (exact) mass is 397 g/mol. The standard InChI is InChI=1S/C21H23N3O5/c1-12-13-6-4-5-9-16(13)29-18(12)19(26)23-22-17(25)10-11-24-20(27)14-7-2-3-8-15(14)21(24)28/h4-6,9,14-15H,2-3,7-8,10-11H2,1H3,(H,22,25)(H,23,26)/t14-,15+. The van der Waals surface area contributed by atoms with Crippen LogP contribution in [0.2, 0.25) is 0 Å². The van der Waals surface area contributed by atoms with Gasteiger partial charge in [-0.25, -0.2) is 0 Å². The summed E-state index contributed by atoms with van der Waals surface area (Å²) in [5, 5.41) is 0.830. The number of hydrogen-bond acceptors (Lipinski definition) is 5. The van der Waals surface area contributed by atoms with Crippen molar-refractivity contribution in [2.24, 2.45) is 11.8 Å². The lowest BCUT2D eigenvalue weighted by Gasteiger charge is -2.19. The number of nitrogens with zero attached hydrogens (tertiary/aromatic N) is 1. The lowest BCUT2D eigenvalue weighted by molar-refractivity contribution is -0.140. The maximum absolute atomic E-state index is 12.4. The van der Waals surface area contributed by atoms with E-state index in [0.29, 0.717) is 11.1 Å². The number of benzene rings is 1. The number of rotatable bonds is 4. The van der Waals surface area contributed by atoms with Crippen molar-refractivity contribution in [2.45, 2.75) is 39.0 Å². The van der Waals surface area contributed by atoms with Gasteiger partial charge in [0.1, 0.15) is 5.58 Å². The topological polar surface area (TPSA) is 109 Å². The molecule has 0 radical (unpaired) electrons. The van der Waals surface area contributed by atoms with E-state index in [-0.39, 0.29) is 42.4 Å². The molecule has 0 bridgehead atoms. The Labute approximate surface area is 167 Å². The average molecular weight is 397 g/mol. The number of furan rings is 1. The van der Waals surface area contributed by atoms with Crippen LogP contribution >= 0.6 is 0 Å². The number of carbonyl (C=O) groups is 4. The van der Waals surface area contributed by atoms with Crippen molar-refractivity contribution >= 4 is 34.6 Å². The van der Waals surface area contributed by atoms with Crippen molar-refractivity contribution in [3.05, 3.63) is 35.6 Å². The van der Waals surface area contributed by atoms with Gasteiger partial charge in [-0.3, -0.25) is 34.9 Å². The molecule has 8 nitrogen and oxygen atoms in total. The molecule has 1 aliphatic carbocycles. The van der Waals surface area contributed by atoms with Crippen molar-refractivity contribution in [2.75, 3.05) is 6.54 Å². The van der Waals surface area contributed by atoms with Crippen molar-refractivity contribution in [3.8, 4) is 0 Å². The van der Waals surface area contributed by atoms with E-state index >= 15 is 0 Å². The minimum atomic E-state index is -0.564. The van der Waals surface area contributed by atoms with Crippen LogP contribution in [0.15, 0.2) is 28.7 Å². The third-order valence-electron chi connectivity index (χ3n) is 5.86. The van der Waals surface area contributed by atoms with Gasteiger partial charge in [-0.05, 0) is 25.8 Å². The molecule has 1 aromatic carbocycles. The van der Waals surface area contributed by atoms with E-state index in [9.17, 15) is 19.2 Å². The molecule has 1 saturated carbocycles. The van der Waals surface area contributed by atoms with Crippen molar-refractivity contribution in [1.82, 2.24) is 15.8 Å². The summed E-state index contributed by atoms with van der Waals surface area (Å²) < 4.78 is 5.56. The quantitative estimate of drug-likeness (QED) is 0.606. The Morgan fingerprint density at radius 1 is 1.07 bits per heavy atom. The van der Waals surface area contributed by atoms with Gasteiger partial charge in [-0.1, -0.05) is 31.0 Å². The largest absolute Gasteiger partial charge is 0.451 e. The van der Waals surface area contributed by atoms with Crippen LogP contribution in [0, 0.1) is 18.8 Å². The second-order valence-electron chi connectivity index (χ2n) is 7.63. The van der Waals surface area contributed by atoms with E-state index in [1.165, 1.54) is 4.90 Å². The molecule has 2 fully saturated rings. The van der Waals surface area contributed by atoms with E-state index in [1.54, 1.807) is 13.0 Å². The van der Waals surface area contributed by atoms with Crippen LogP contribution in [0.3, 0.4) is 0 Å². The first kappa shape index (κ1) is 19.2. The fourth-order valence-electron chi connectivity index (χ4n) is 4.30. The lowest BCUT2D eigenvalue weighted by atomic mass is 9.81. The van der Waals surface area contributed by atoms with Crippen molar-refractivity contribution in [3.63, 3.8) is 0 Å². The fourth-order valence-corrected chi connectivity index (χ4v) is 4.30. The number of nitrogens with one attached hydrogen (secondary N) is 2. The number of imide groups is 1. The first-order valence-electron chi connectivity index (χ1n) is 9.90. The molecule has 2 heterocycles. The highest BCUT2D eigenvalue weighted by Crippen LogP contribution is 2.37. The molecule has 0 unspecified atom stereocenters. The smallest absolute Gasteiger partial charge is 0.305 e. The summed E-state index contributed by atoms with van der Waals surface area (Å²) in [4.78, 5) is 50.5. The van der Waals surface area contributed by atoms with Gasteiger partial charge >= 0.3 is 5.91 Å². The summed E-state index contributed by atoms with van der Waals surface area (Å²) in [6.07, 6.45) is 3.33. The molecule has 1 aromatic heterocycles. The Morgan fingerprint density at radius 2 is 1.72 bits per heavy atom. The maximum atomic E-state index is 12.4. The van der Waals surface area contributed by atoms with E-state index in [1.807, 2.05) is 18.2 Å². The number of hydrogen-bond donors (Lipinski definition) is 2. The molecule has 1 saturated heterocycles. The van der Waals surface area contributed by atoms with Crippen LogP contribution in [0.25, 0.3) is 11.0 Å². The maximum Gasteiger partial charge on any atom is 0.305 e. The minimum Gasteiger partial charge on any atom is -0.451 e. The third kappa shape index (κ3) is 3.50. The van der Waals surface area contributed by atoms with Crippen molar-refractivity contribution < 1.29 is 23.6 Å². The molecule has 152 valence electrons. The molecule has 8 heteroatoms. The van der Waals surface area contributed by atoms with Crippen LogP contribution in [-0.2, 0) is 14.4 Å². The second kappa shape index (κ2) is 7.69. The van der Waals surface area contributed by atoms with Gasteiger partial charge in [0.2, 0.25) is 17.7 Å². The first-order chi connectivity index (χ1) is 14.0. The number of para-hydroxylation sites is 1. The molecule has 1 aliphatic heterocycles. The normalized spacial score (nSPS) is 21.3. The molecule has 2 atom stereocenters. The average Bonchev–Trinajstić information content (AvgIpc) is 3.20. The van der Waals surface area contributed by atoms with Crippen LogP contribution in [0.5, 0.6) is 0 Å².